The van der Waals surface area contributed by atoms with Crippen molar-refractivity contribution in [3.8, 4) is 5.75 Å². The molecule has 0 heterocycles. The Morgan fingerprint density at radius 2 is 1.67 bits per heavy atom. The zero-order valence-electron chi connectivity index (χ0n) is 11.5. The molecule has 0 radical (unpaired) electrons. The van der Waals surface area contributed by atoms with Crippen LogP contribution >= 0.6 is 0 Å². The largest absolute Gasteiger partial charge is 0.509 e. The molecule has 0 amide bonds. The summed E-state index contributed by atoms with van der Waals surface area (Å²) < 4.78 is 4.97. The minimum Gasteiger partial charge on any atom is -0.509 e. The lowest BCUT2D eigenvalue weighted by atomic mass is 10.0. The lowest BCUT2D eigenvalue weighted by Crippen LogP contribution is -2.46. The molecule has 0 fully saturated rings. The summed E-state index contributed by atoms with van der Waals surface area (Å²) in [5, 5.41) is 56.4. The molecule has 0 aliphatic carbocycles. The van der Waals surface area contributed by atoms with Crippen LogP contribution in [0.5, 0.6) is 5.75 Å². The first kappa shape index (κ1) is 17.4. The van der Waals surface area contributed by atoms with E-state index in [1.807, 2.05) is 0 Å². The van der Waals surface area contributed by atoms with Crippen LogP contribution in [-0.2, 0) is 0 Å². The summed E-state index contributed by atoms with van der Waals surface area (Å²) in [5.74, 6) is 0.0329. The summed E-state index contributed by atoms with van der Waals surface area (Å²) in [4.78, 5) is 0. The van der Waals surface area contributed by atoms with Crippen molar-refractivity contribution in [3.05, 3.63) is 35.6 Å². The number of rotatable bonds is 7. The molecule has 0 saturated heterocycles. The molecule has 1 aromatic carbocycles. The molecule has 21 heavy (non-hydrogen) atoms. The molecule has 0 saturated carbocycles. The summed E-state index contributed by atoms with van der Waals surface area (Å²) in [6.07, 6.45) is -5.87. The summed E-state index contributed by atoms with van der Waals surface area (Å²) in [6, 6.07) is 6.53. The molecule has 1 rings (SSSR count). The predicted octanol–water partition coefficient (Wildman–Crippen LogP) is -0.970. The highest BCUT2D eigenvalue weighted by Crippen LogP contribution is 2.16. The predicted molar refractivity (Wildman–Crippen MR) is 74.7 cm³/mol. The Balaban J connectivity index is 2.80. The number of benzene rings is 1. The van der Waals surface area contributed by atoms with Gasteiger partial charge in [-0.2, -0.15) is 0 Å². The molecule has 118 valence electrons. The van der Waals surface area contributed by atoms with Crippen LogP contribution in [0.1, 0.15) is 5.56 Å². The first-order chi connectivity index (χ1) is 9.90. The zero-order valence-corrected chi connectivity index (χ0v) is 11.5. The lowest BCUT2D eigenvalue weighted by Gasteiger charge is -2.25. The molecular formula is C14H20O7. The second kappa shape index (κ2) is 7.96. The van der Waals surface area contributed by atoms with E-state index in [0.29, 0.717) is 11.3 Å². The Hall–Kier alpha value is -1.64. The van der Waals surface area contributed by atoms with Crippen LogP contribution in [0.4, 0.5) is 0 Å². The van der Waals surface area contributed by atoms with Crippen LogP contribution < -0.4 is 4.74 Å². The number of hydrogen-bond acceptors (Lipinski definition) is 7. The van der Waals surface area contributed by atoms with Gasteiger partial charge >= 0.3 is 0 Å². The van der Waals surface area contributed by atoms with Crippen LogP contribution in [0.25, 0.3) is 6.08 Å². The molecule has 0 aromatic heterocycles. The lowest BCUT2D eigenvalue weighted by molar-refractivity contribution is -0.112. The van der Waals surface area contributed by atoms with E-state index in [-0.39, 0.29) is 0 Å². The third-order valence-electron chi connectivity index (χ3n) is 2.99. The van der Waals surface area contributed by atoms with Crippen molar-refractivity contribution in [3.63, 3.8) is 0 Å². The number of methoxy groups -OCH3 is 1. The summed E-state index contributed by atoms with van der Waals surface area (Å²) in [5.41, 5.74) is 0.539. The molecule has 6 N–H and O–H groups in total. The molecule has 7 nitrogen and oxygen atoms in total. The van der Waals surface area contributed by atoms with Gasteiger partial charge < -0.3 is 35.4 Å². The minimum absolute atomic E-state index is 0.539. The van der Waals surface area contributed by atoms with E-state index < -0.39 is 36.8 Å². The molecule has 0 aliphatic heterocycles. The van der Waals surface area contributed by atoms with E-state index in [4.69, 9.17) is 9.84 Å². The van der Waals surface area contributed by atoms with Gasteiger partial charge in [0.1, 0.15) is 35.9 Å². The van der Waals surface area contributed by atoms with Gasteiger partial charge in [-0.05, 0) is 23.8 Å². The van der Waals surface area contributed by atoms with Crippen LogP contribution in [-0.4, -0.2) is 68.8 Å². The van der Waals surface area contributed by atoms with Gasteiger partial charge in [0.15, 0.2) is 0 Å². The fourth-order valence-corrected chi connectivity index (χ4v) is 1.65. The summed E-state index contributed by atoms with van der Waals surface area (Å²) in [7, 11) is 1.51. The van der Waals surface area contributed by atoms with Crippen LogP contribution in [0.3, 0.4) is 0 Å². The van der Waals surface area contributed by atoms with E-state index in [1.165, 1.54) is 13.2 Å². The zero-order chi connectivity index (χ0) is 16.0. The molecule has 0 aliphatic rings. The van der Waals surface area contributed by atoms with E-state index in [9.17, 15) is 25.5 Å². The van der Waals surface area contributed by atoms with Gasteiger partial charge in [-0.3, -0.25) is 0 Å². The van der Waals surface area contributed by atoms with Crippen LogP contribution in [0, 0.1) is 0 Å². The third kappa shape index (κ3) is 4.69. The standard InChI is InChI=1S/C14H20O7/c1-21-9-4-2-8(3-5-9)6-10(16)12(18)14(20)13(19)11(17)7-15/h2-6,11-20H,7H2,1H3/b10-6-/t11-,12-,13+,14-/m0/s1. The van der Waals surface area contributed by atoms with Gasteiger partial charge in [-0.15, -0.1) is 0 Å². The maximum absolute atomic E-state index is 9.74. The van der Waals surface area contributed by atoms with Crippen molar-refractivity contribution < 1.29 is 35.4 Å². The molecular weight excluding hydrogens is 280 g/mol. The van der Waals surface area contributed by atoms with E-state index in [2.05, 4.69) is 0 Å². The van der Waals surface area contributed by atoms with Crippen molar-refractivity contribution in [2.45, 2.75) is 24.4 Å². The highest BCUT2D eigenvalue weighted by molar-refractivity contribution is 5.53. The van der Waals surface area contributed by atoms with Gasteiger partial charge in [-0.1, -0.05) is 12.1 Å². The average molecular weight is 300 g/mol. The van der Waals surface area contributed by atoms with Crippen molar-refractivity contribution in [2.75, 3.05) is 13.7 Å². The Kier molecular flexibility index (Phi) is 6.60. The Morgan fingerprint density at radius 3 is 2.14 bits per heavy atom. The van der Waals surface area contributed by atoms with E-state index in [1.54, 1.807) is 24.3 Å². The number of hydrogen-bond donors (Lipinski definition) is 6. The summed E-state index contributed by atoms with van der Waals surface area (Å²) >= 11 is 0. The molecule has 4 atom stereocenters. The van der Waals surface area contributed by atoms with Gasteiger partial charge in [0.2, 0.25) is 0 Å². The number of ether oxygens (including phenoxy) is 1. The van der Waals surface area contributed by atoms with E-state index in [0.717, 1.165) is 0 Å². The first-order valence-corrected chi connectivity index (χ1v) is 6.28. The maximum atomic E-state index is 9.74. The number of aliphatic hydroxyl groups is 6. The van der Waals surface area contributed by atoms with Crippen LogP contribution in [0.15, 0.2) is 30.0 Å². The second-order valence-corrected chi connectivity index (χ2v) is 4.52. The average Bonchev–Trinajstić information content (AvgIpc) is 2.52. The number of aliphatic hydroxyl groups excluding tert-OH is 6. The normalized spacial score (nSPS) is 17.9. The molecule has 1 aromatic rings. The first-order valence-electron chi connectivity index (χ1n) is 6.28. The maximum Gasteiger partial charge on any atom is 0.139 e. The summed E-state index contributed by atoms with van der Waals surface area (Å²) in [6.45, 7) is -0.784. The molecule has 0 bridgehead atoms. The van der Waals surface area contributed by atoms with Crippen LogP contribution in [0.2, 0.25) is 0 Å². The minimum atomic E-state index is -1.85. The van der Waals surface area contributed by atoms with Gasteiger partial charge in [0.25, 0.3) is 0 Å². The fraction of sp³-hybridized carbons (Fsp3) is 0.429. The van der Waals surface area contributed by atoms with Gasteiger partial charge in [-0.25, -0.2) is 0 Å². The molecule has 0 spiro atoms. The molecule has 0 unspecified atom stereocenters. The fourth-order valence-electron chi connectivity index (χ4n) is 1.65. The Morgan fingerprint density at radius 1 is 1.10 bits per heavy atom. The van der Waals surface area contributed by atoms with Crippen molar-refractivity contribution in [1.82, 2.24) is 0 Å². The third-order valence-corrected chi connectivity index (χ3v) is 2.99. The van der Waals surface area contributed by atoms with Gasteiger partial charge in [0.05, 0.1) is 13.7 Å². The van der Waals surface area contributed by atoms with Crippen molar-refractivity contribution in [1.29, 1.82) is 0 Å². The second-order valence-electron chi connectivity index (χ2n) is 4.52. The highest BCUT2D eigenvalue weighted by atomic mass is 16.5. The smallest absolute Gasteiger partial charge is 0.139 e. The van der Waals surface area contributed by atoms with Crippen molar-refractivity contribution >= 4 is 6.08 Å². The van der Waals surface area contributed by atoms with E-state index >= 15 is 0 Å². The van der Waals surface area contributed by atoms with Crippen molar-refractivity contribution in [2.24, 2.45) is 0 Å². The SMILES string of the molecule is COc1ccc(/C=C(\O)[C@H](O)[C@H](O)[C@H](O)[C@@H](O)CO)cc1. The molecule has 7 heteroatoms. The monoisotopic (exact) mass is 300 g/mol. The highest BCUT2D eigenvalue weighted by Gasteiger charge is 2.32. The quantitative estimate of drug-likeness (QED) is 0.357. The topological polar surface area (TPSA) is 131 Å². The Labute approximate surface area is 122 Å². The van der Waals surface area contributed by atoms with Gasteiger partial charge in [0, 0.05) is 0 Å². The Bertz CT molecular complexity index is 457.